The van der Waals surface area contributed by atoms with Crippen molar-refractivity contribution in [2.75, 3.05) is 26.2 Å². The average molecular weight is 286 g/mol. The smallest absolute Gasteiger partial charge is 0.251 e. The summed E-state index contributed by atoms with van der Waals surface area (Å²) >= 11 is 0. The Kier molecular flexibility index (Phi) is 4.50. The lowest BCUT2D eigenvalue weighted by Gasteiger charge is -2.26. The first-order valence-corrected chi connectivity index (χ1v) is 7.76. The molecule has 21 heavy (non-hydrogen) atoms. The van der Waals surface area contributed by atoms with Crippen LogP contribution in [0.15, 0.2) is 24.5 Å². The molecule has 0 spiro atoms. The molecule has 1 saturated heterocycles. The quantitative estimate of drug-likeness (QED) is 0.828. The number of fused-ring (bicyclic) bond motifs is 1. The molecule has 2 heterocycles. The number of likely N-dealkylation sites (tertiary alicyclic amines) is 1. The topological polar surface area (TPSA) is 61.0 Å². The van der Waals surface area contributed by atoms with Crippen molar-refractivity contribution in [1.29, 1.82) is 0 Å². The number of hydrogen-bond donors (Lipinski definition) is 2. The Morgan fingerprint density at radius 3 is 3.00 bits per heavy atom. The SMILES string of the molecule is O=C(NCCCN1CCCCC1)c1ccc2[nH]cnc2c1. The van der Waals surface area contributed by atoms with E-state index < -0.39 is 0 Å². The molecule has 1 aromatic heterocycles. The first-order valence-electron chi connectivity index (χ1n) is 7.76. The van der Waals surface area contributed by atoms with Crippen LogP contribution in [0.4, 0.5) is 0 Å². The summed E-state index contributed by atoms with van der Waals surface area (Å²) in [5.74, 6) is -0.0152. The molecular formula is C16H22N4O. The van der Waals surface area contributed by atoms with Crippen molar-refractivity contribution in [3.63, 3.8) is 0 Å². The van der Waals surface area contributed by atoms with Gasteiger partial charge in [-0.3, -0.25) is 4.79 Å². The van der Waals surface area contributed by atoms with E-state index >= 15 is 0 Å². The lowest BCUT2D eigenvalue weighted by molar-refractivity contribution is 0.0951. The lowest BCUT2D eigenvalue weighted by Crippen LogP contribution is -2.33. The van der Waals surface area contributed by atoms with Crippen molar-refractivity contribution in [3.05, 3.63) is 30.1 Å². The van der Waals surface area contributed by atoms with Crippen LogP contribution in [0.25, 0.3) is 11.0 Å². The van der Waals surface area contributed by atoms with Crippen molar-refractivity contribution in [2.24, 2.45) is 0 Å². The third kappa shape index (κ3) is 3.61. The number of rotatable bonds is 5. The largest absolute Gasteiger partial charge is 0.352 e. The first-order chi connectivity index (χ1) is 10.3. The standard InChI is InChI=1S/C16H22N4O/c21-16(13-5-6-14-15(11-13)19-12-18-14)17-7-4-10-20-8-2-1-3-9-20/h5-6,11-12H,1-4,7-10H2,(H,17,21)(H,18,19). The highest BCUT2D eigenvalue weighted by molar-refractivity contribution is 5.97. The molecule has 2 N–H and O–H groups in total. The molecule has 3 rings (SSSR count). The molecule has 1 aliphatic heterocycles. The first kappa shape index (κ1) is 14.1. The minimum atomic E-state index is -0.0152. The van der Waals surface area contributed by atoms with Crippen molar-refractivity contribution in [2.45, 2.75) is 25.7 Å². The van der Waals surface area contributed by atoms with E-state index in [9.17, 15) is 4.79 Å². The number of hydrogen-bond acceptors (Lipinski definition) is 3. The molecule has 1 aliphatic rings. The summed E-state index contributed by atoms with van der Waals surface area (Å²) in [7, 11) is 0. The van der Waals surface area contributed by atoms with Gasteiger partial charge in [0, 0.05) is 12.1 Å². The predicted molar refractivity (Wildman–Crippen MR) is 83.3 cm³/mol. The normalized spacial score (nSPS) is 16.2. The van der Waals surface area contributed by atoms with E-state index in [1.165, 1.54) is 32.4 Å². The zero-order valence-electron chi connectivity index (χ0n) is 12.3. The summed E-state index contributed by atoms with van der Waals surface area (Å²) < 4.78 is 0. The third-order valence-corrected chi connectivity index (χ3v) is 4.07. The number of aromatic amines is 1. The highest BCUT2D eigenvalue weighted by Crippen LogP contribution is 2.11. The minimum absolute atomic E-state index is 0.0152. The van der Waals surface area contributed by atoms with Crippen LogP contribution < -0.4 is 5.32 Å². The van der Waals surface area contributed by atoms with Gasteiger partial charge in [0.15, 0.2) is 0 Å². The van der Waals surface area contributed by atoms with Gasteiger partial charge < -0.3 is 15.2 Å². The fourth-order valence-corrected chi connectivity index (χ4v) is 2.86. The van der Waals surface area contributed by atoms with Gasteiger partial charge >= 0.3 is 0 Å². The second-order valence-corrected chi connectivity index (χ2v) is 5.65. The zero-order chi connectivity index (χ0) is 14.5. The number of piperidine rings is 1. The molecule has 1 fully saturated rings. The van der Waals surface area contributed by atoms with Crippen LogP contribution in [0.1, 0.15) is 36.0 Å². The van der Waals surface area contributed by atoms with Crippen LogP contribution in [0.5, 0.6) is 0 Å². The van der Waals surface area contributed by atoms with Crippen LogP contribution in [-0.4, -0.2) is 47.0 Å². The Labute approximate surface area is 124 Å². The van der Waals surface area contributed by atoms with E-state index in [2.05, 4.69) is 20.2 Å². The van der Waals surface area contributed by atoms with Crippen molar-refractivity contribution < 1.29 is 4.79 Å². The number of benzene rings is 1. The van der Waals surface area contributed by atoms with Gasteiger partial charge in [0.2, 0.25) is 0 Å². The van der Waals surface area contributed by atoms with E-state index in [-0.39, 0.29) is 5.91 Å². The summed E-state index contributed by atoms with van der Waals surface area (Å²) in [4.78, 5) is 21.8. The molecule has 0 radical (unpaired) electrons. The van der Waals surface area contributed by atoms with Gasteiger partial charge in [-0.05, 0) is 57.1 Å². The monoisotopic (exact) mass is 286 g/mol. The summed E-state index contributed by atoms with van der Waals surface area (Å²) in [6, 6.07) is 5.55. The van der Waals surface area contributed by atoms with E-state index in [1.807, 2.05) is 18.2 Å². The van der Waals surface area contributed by atoms with Gasteiger partial charge in [-0.25, -0.2) is 4.98 Å². The Balaban J connectivity index is 1.45. The number of carbonyl (C=O) groups is 1. The summed E-state index contributed by atoms with van der Waals surface area (Å²) in [5.41, 5.74) is 2.46. The van der Waals surface area contributed by atoms with Crippen LogP contribution in [-0.2, 0) is 0 Å². The van der Waals surface area contributed by atoms with Crippen LogP contribution in [0.2, 0.25) is 0 Å². The Hall–Kier alpha value is -1.88. The molecule has 1 aromatic carbocycles. The van der Waals surface area contributed by atoms with E-state index in [0.29, 0.717) is 5.56 Å². The molecule has 2 aromatic rings. The molecule has 5 nitrogen and oxygen atoms in total. The molecule has 0 unspecified atom stereocenters. The molecule has 0 aliphatic carbocycles. The minimum Gasteiger partial charge on any atom is -0.352 e. The van der Waals surface area contributed by atoms with Gasteiger partial charge in [0.05, 0.1) is 17.4 Å². The van der Waals surface area contributed by atoms with Crippen molar-refractivity contribution in [1.82, 2.24) is 20.2 Å². The van der Waals surface area contributed by atoms with E-state index in [4.69, 9.17) is 0 Å². The molecule has 0 saturated carbocycles. The van der Waals surface area contributed by atoms with Crippen LogP contribution in [0, 0.1) is 0 Å². The molecule has 0 atom stereocenters. The summed E-state index contributed by atoms with van der Waals surface area (Å²) in [5, 5.41) is 2.99. The molecule has 1 amide bonds. The number of carbonyl (C=O) groups excluding carboxylic acids is 1. The Bertz CT molecular complexity index is 601. The fourth-order valence-electron chi connectivity index (χ4n) is 2.86. The van der Waals surface area contributed by atoms with Crippen molar-refractivity contribution in [3.8, 4) is 0 Å². The second kappa shape index (κ2) is 6.72. The second-order valence-electron chi connectivity index (χ2n) is 5.65. The highest BCUT2D eigenvalue weighted by atomic mass is 16.1. The average Bonchev–Trinajstić information content (AvgIpc) is 3.00. The summed E-state index contributed by atoms with van der Waals surface area (Å²) in [6.45, 7) is 4.24. The van der Waals surface area contributed by atoms with Gasteiger partial charge in [0.1, 0.15) is 0 Å². The maximum atomic E-state index is 12.1. The van der Waals surface area contributed by atoms with Crippen LogP contribution >= 0.6 is 0 Å². The molecule has 5 heteroatoms. The predicted octanol–water partition coefficient (Wildman–Crippen LogP) is 2.17. The molecular weight excluding hydrogens is 264 g/mol. The molecule has 0 bridgehead atoms. The van der Waals surface area contributed by atoms with E-state index in [1.54, 1.807) is 6.33 Å². The van der Waals surface area contributed by atoms with Gasteiger partial charge in [-0.1, -0.05) is 6.42 Å². The van der Waals surface area contributed by atoms with Crippen LogP contribution in [0.3, 0.4) is 0 Å². The number of amides is 1. The maximum Gasteiger partial charge on any atom is 0.251 e. The number of nitrogens with one attached hydrogen (secondary N) is 2. The zero-order valence-corrected chi connectivity index (χ0v) is 12.3. The van der Waals surface area contributed by atoms with Gasteiger partial charge in [0.25, 0.3) is 5.91 Å². The number of H-pyrrole nitrogens is 1. The molecule has 112 valence electrons. The lowest BCUT2D eigenvalue weighted by atomic mass is 10.1. The fraction of sp³-hybridized carbons (Fsp3) is 0.500. The third-order valence-electron chi connectivity index (χ3n) is 4.07. The number of aromatic nitrogens is 2. The van der Waals surface area contributed by atoms with E-state index in [0.717, 1.165) is 30.5 Å². The van der Waals surface area contributed by atoms with Gasteiger partial charge in [-0.15, -0.1) is 0 Å². The number of imidazole rings is 1. The van der Waals surface area contributed by atoms with Crippen molar-refractivity contribution >= 4 is 16.9 Å². The Morgan fingerprint density at radius 1 is 1.29 bits per heavy atom. The summed E-state index contributed by atoms with van der Waals surface area (Å²) in [6.07, 6.45) is 6.65. The Morgan fingerprint density at radius 2 is 2.14 bits per heavy atom. The number of nitrogens with zero attached hydrogens (tertiary/aromatic N) is 2. The van der Waals surface area contributed by atoms with Gasteiger partial charge in [-0.2, -0.15) is 0 Å². The maximum absolute atomic E-state index is 12.1. The highest BCUT2D eigenvalue weighted by Gasteiger charge is 2.10.